The first-order valence-electron chi connectivity index (χ1n) is 5.55. The lowest BCUT2D eigenvalue weighted by molar-refractivity contribution is -0.122. The predicted octanol–water partition coefficient (Wildman–Crippen LogP) is 3.04. The van der Waals surface area contributed by atoms with Gasteiger partial charge in [-0.15, -0.1) is 0 Å². The number of rotatable bonds is 2. The number of nitrogens with one attached hydrogen (secondary N) is 1. The first kappa shape index (κ1) is 10.2. The van der Waals surface area contributed by atoms with E-state index >= 15 is 0 Å². The highest BCUT2D eigenvalue weighted by Crippen LogP contribution is 2.27. The Kier molecular flexibility index (Phi) is 2.76. The van der Waals surface area contributed by atoms with Crippen LogP contribution in [0.25, 0.3) is 0 Å². The normalized spacial score (nSPS) is 15.9. The van der Waals surface area contributed by atoms with Crippen molar-refractivity contribution < 1.29 is 4.79 Å². The summed E-state index contributed by atoms with van der Waals surface area (Å²) in [7, 11) is 0. The standard InChI is InChI=1S/C13H17NO/c1-9-6-7-12(8-10(9)2)14-13(15)11-4-3-5-11/h6-8,11H,3-5H2,1-2H3,(H,14,15). The van der Waals surface area contributed by atoms with Crippen LogP contribution in [-0.4, -0.2) is 5.91 Å². The molecule has 0 bridgehead atoms. The number of aryl methyl sites for hydroxylation is 2. The van der Waals surface area contributed by atoms with Crippen LogP contribution in [0, 0.1) is 19.8 Å². The second kappa shape index (κ2) is 4.05. The van der Waals surface area contributed by atoms with Gasteiger partial charge in [0.25, 0.3) is 0 Å². The molecule has 0 aliphatic heterocycles. The summed E-state index contributed by atoms with van der Waals surface area (Å²) in [5.74, 6) is 0.441. The lowest BCUT2D eigenvalue weighted by Gasteiger charge is -2.24. The van der Waals surface area contributed by atoms with Gasteiger partial charge >= 0.3 is 0 Å². The lowest BCUT2D eigenvalue weighted by Crippen LogP contribution is -2.28. The fraction of sp³-hybridized carbons (Fsp3) is 0.462. The molecule has 2 rings (SSSR count). The topological polar surface area (TPSA) is 29.1 Å². The van der Waals surface area contributed by atoms with Crippen molar-refractivity contribution in [3.8, 4) is 0 Å². The molecule has 1 amide bonds. The number of amides is 1. The monoisotopic (exact) mass is 203 g/mol. The van der Waals surface area contributed by atoms with Crippen LogP contribution in [0.3, 0.4) is 0 Å². The van der Waals surface area contributed by atoms with Crippen LogP contribution in [-0.2, 0) is 4.79 Å². The van der Waals surface area contributed by atoms with E-state index in [1.54, 1.807) is 0 Å². The number of carbonyl (C=O) groups is 1. The van der Waals surface area contributed by atoms with Crippen molar-refractivity contribution in [1.82, 2.24) is 0 Å². The van der Waals surface area contributed by atoms with Crippen molar-refractivity contribution in [2.75, 3.05) is 5.32 Å². The molecule has 1 aliphatic rings. The van der Waals surface area contributed by atoms with Crippen molar-refractivity contribution in [2.45, 2.75) is 33.1 Å². The minimum atomic E-state index is 0.185. The van der Waals surface area contributed by atoms with Crippen LogP contribution in [0.1, 0.15) is 30.4 Å². The molecule has 0 unspecified atom stereocenters. The maximum Gasteiger partial charge on any atom is 0.227 e. The lowest BCUT2D eigenvalue weighted by atomic mass is 9.85. The molecular formula is C13H17NO. The van der Waals surface area contributed by atoms with E-state index in [-0.39, 0.29) is 11.8 Å². The van der Waals surface area contributed by atoms with Crippen LogP contribution < -0.4 is 5.32 Å². The number of carbonyl (C=O) groups excluding carboxylic acids is 1. The summed E-state index contributed by atoms with van der Waals surface area (Å²) in [6.45, 7) is 4.14. The highest BCUT2D eigenvalue weighted by molar-refractivity contribution is 5.93. The summed E-state index contributed by atoms with van der Waals surface area (Å²) in [6.07, 6.45) is 3.30. The molecule has 1 N–H and O–H groups in total. The third-order valence-corrected chi connectivity index (χ3v) is 3.25. The van der Waals surface area contributed by atoms with Gasteiger partial charge in [0.2, 0.25) is 5.91 Å². The SMILES string of the molecule is Cc1ccc(NC(=O)C2CCC2)cc1C. The van der Waals surface area contributed by atoms with Gasteiger partial charge in [-0.25, -0.2) is 0 Å². The number of anilines is 1. The van der Waals surface area contributed by atoms with E-state index in [2.05, 4.69) is 19.2 Å². The Labute approximate surface area is 90.7 Å². The highest BCUT2D eigenvalue weighted by atomic mass is 16.1. The van der Waals surface area contributed by atoms with E-state index < -0.39 is 0 Å². The third kappa shape index (κ3) is 2.20. The molecule has 0 aromatic heterocycles. The number of benzene rings is 1. The van der Waals surface area contributed by atoms with Gasteiger partial charge in [-0.05, 0) is 49.9 Å². The molecule has 2 heteroatoms. The zero-order valence-corrected chi connectivity index (χ0v) is 9.34. The van der Waals surface area contributed by atoms with E-state index in [0.29, 0.717) is 0 Å². The Morgan fingerprint density at radius 1 is 1.27 bits per heavy atom. The van der Waals surface area contributed by atoms with E-state index in [9.17, 15) is 4.79 Å². The molecule has 1 fully saturated rings. The van der Waals surface area contributed by atoms with Crippen LogP contribution in [0.5, 0.6) is 0 Å². The Bertz CT molecular complexity index is 380. The van der Waals surface area contributed by atoms with Gasteiger partial charge in [-0.3, -0.25) is 4.79 Å². The van der Waals surface area contributed by atoms with Gasteiger partial charge in [-0.2, -0.15) is 0 Å². The van der Waals surface area contributed by atoms with Crippen LogP contribution in [0.4, 0.5) is 5.69 Å². The van der Waals surface area contributed by atoms with Gasteiger partial charge in [0.15, 0.2) is 0 Å². The highest BCUT2D eigenvalue weighted by Gasteiger charge is 2.24. The molecule has 0 saturated heterocycles. The molecule has 0 atom stereocenters. The molecule has 15 heavy (non-hydrogen) atoms. The Balaban J connectivity index is 2.03. The molecule has 1 saturated carbocycles. The summed E-state index contributed by atoms with van der Waals surface area (Å²) in [6, 6.07) is 6.05. The summed E-state index contributed by atoms with van der Waals surface area (Å²) in [4.78, 5) is 11.7. The summed E-state index contributed by atoms with van der Waals surface area (Å²) in [5, 5.41) is 2.97. The molecule has 1 aliphatic carbocycles. The van der Waals surface area contributed by atoms with E-state index in [1.807, 2.05) is 18.2 Å². The molecule has 1 aromatic rings. The van der Waals surface area contributed by atoms with Gasteiger partial charge in [0.05, 0.1) is 0 Å². The van der Waals surface area contributed by atoms with Crippen molar-refractivity contribution in [3.63, 3.8) is 0 Å². The van der Waals surface area contributed by atoms with Crippen molar-refractivity contribution >= 4 is 11.6 Å². The van der Waals surface area contributed by atoms with Gasteiger partial charge in [0.1, 0.15) is 0 Å². The van der Waals surface area contributed by atoms with Crippen LogP contribution >= 0.6 is 0 Å². The fourth-order valence-electron chi connectivity index (χ4n) is 1.73. The number of hydrogen-bond acceptors (Lipinski definition) is 1. The molecule has 1 aromatic carbocycles. The zero-order chi connectivity index (χ0) is 10.8. The summed E-state index contributed by atoms with van der Waals surface area (Å²) < 4.78 is 0. The molecule has 0 spiro atoms. The second-order valence-corrected chi connectivity index (χ2v) is 4.42. The maximum absolute atomic E-state index is 11.7. The third-order valence-electron chi connectivity index (χ3n) is 3.25. The molecule has 2 nitrogen and oxygen atoms in total. The predicted molar refractivity (Wildman–Crippen MR) is 61.9 cm³/mol. The van der Waals surface area contributed by atoms with E-state index in [0.717, 1.165) is 18.5 Å². The molecule has 0 heterocycles. The smallest absolute Gasteiger partial charge is 0.227 e. The largest absolute Gasteiger partial charge is 0.326 e. The van der Waals surface area contributed by atoms with Gasteiger partial charge < -0.3 is 5.32 Å². The first-order valence-corrected chi connectivity index (χ1v) is 5.55. The van der Waals surface area contributed by atoms with Gasteiger partial charge in [0, 0.05) is 11.6 Å². The maximum atomic E-state index is 11.7. The minimum absolute atomic E-state index is 0.185. The molecule has 0 radical (unpaired) electrons. The first-order chi connectivity index (χ1) is 7.16. The fourth-order valence-corrected chi connectivity index (χ4v) is 1.73. The summed E-state index contributed by atoms with van der Waals surface area (Å²) in [5.41, 5.74) is 3.41. The zero-order valence-electron chi connectivity index (χ0n) is 9.34. The van der Waals surface area contributed by atoms with Crippen molar-refractivity contribution in [3.05, 3.63) is 29.3 Å². The van der Waals surface area contributed by atoms with E-state index in [1.165, 1.54) is 17.5 Å². The molecule has 80 valence electrons. The molecular weight excluding hydrogens is 186 g/mol. The Hall–Kier alpha value is -1.31. The number of hydrogen-bond donors (Lipinski definition) is 1. The van der Waals surface area contributed by atoms with Crippen LogP contribution in [0.2, 0.25) is 0 Å². The minimum Gasteiger partial charge on any atom is -0.326 e. The quantitative estimate of drug-likeness (QED) is 0.786. The van der Waals surface area contributed by atoms with Crippen LogP contribution in [0.15, 0.2) is 18.2 Å². The average Bonchev–Trinajstić information content (AvgIpc) is 2.08. The Morgan fingerprint density at radius 3 is 2.53 bits per heavy atom. The van der Waals surface area contributed by atoms with Crippen molar-refractivity contribution in [1.29, 1.82) is 0 Å². The average molecular weight is 203 g/mol. The summed E-state index contributed by atoms with van der Waals surface area (Å²) >= 11 is 0. The van der Waals surface area contributed by atoms with Crippen molar-refractivity contribution in [2.24, 2.45) is 5.92 Å². The second-order valence-electron chi connectivity index (χ2n) is 4.42. The van der Waals surface area contributed by atoms with Gasteiger partial charge in [-0.1, -0.05) is 12.5 Å². The van der Waals surface area contributed by atoms with E-state index in [4.69, 9.17) is 0 Å². The Morgan fingerprint density at radius 2 is 2.00 bits per heavy atom.